The summed E-state index contributed by atoms with van der Waals surface area (Å²) in [6, 6.07) is 3.35. The standard InChI is InChI=1S/C18H17ClFN3O3S/c1-10(2)8-23-17(25)16-14(5-6-27-16)22(18(23)26)9-15(24)21-13-4-3-11(19)7-12(13)20/h3-7,10,16H,8-9H2,1-2H3/p+1. The number of anilines is 1. The molecular weight excluding hydrogens is 393 g/mol. The van der Waals surface area contributed by atoms with Crippen LogP contribution in [0.5, 0.6) is 0 Å². The number of carbonyl (C=O) groups excluding carboxylic acids is 3. The van der Waals surface area contributed by atoms with E-state index in [9.17, 15) is 18.8 Å². The molecule has 2 aliphatic heterocycles. The van der Waals surface area contributed by atoms with E-state index in [0.29, 0.717) is 5.71 Å². The van der Waals surface area contributed by atoms with Crippen LogP contribution < -0.4 is 5.32 Å². The van der Waals surface area contributed by atoms with Crippen molar-refractivity contribution in [1.82, 2.24) is 4.90 Å². The lowest BCUT2D eigenvalue weighted by atomic mass is 10.1. The van der Waals surface area contributed by atoms with Gasteiger partial charge in [-0.2, -0.15) is 14.3 Å². The number of amides is 4. The average Bonchev–Trinajstić information content (AvgIpc) is 3.07. The van der Waals surface area contributed by atoms with Crippen molar-refractivity contribution in [3.8, 4) is 0 Å². The van der Waals surface area contributed by atoms with Crippen LogP contribution in [0.4, 0.5) is 14.9 Å². The molecule has 0 spiro atoms. The third kappa shape index (κ3) is 4.06. The van der Waals surface area contributed by atoms with Gasteiger partial charge in [0, 0.05) is 5.02 Å². The van der Waals surface area contributed by atoms with Crippen molar-refractivity contribution in [3.63, 3.8) is 0 Å². The van der Waals surface area contributed by atoms with Gasteiger partial charge in [-0.15, -0.1) is 11.8 Å². The Morgan fingerprint density at radius 3 is 2.81 bits per heavy atom. The van der Waals surface area contributed by atoms with E-state index in [0.717, 1.165) is 6.07 Å². The lowest BCUT2D eigenvalue weighted by Gasteiger charge is -2.25. The normalized spacial score (nSPS) is 19.1. The summed E-state index contributed by atoms with van der Waals surface area (Å²) in [6.07, 6.45) is 1.66. The summed E-state index contributed by atoms with van der Waals surface area (Å²) in [4.78, 5) is 39.0. The number of allylic oxidation sites excluding steroid dienone is 1. The lowest BCUT2D eigenvalue weighted by Crippen LogP contribution is -2.57. The summed E-state index contributed by atoms with van der Waals surface area (Å²) < 4.78 is 15.2. The number of hydrogen-bond donors (Lipinski definition) is 1. The molecule has 3 rings (SSSR count). The van der Waals surface area contributed by atoms with Crippen LogP contribution in [0.2, 0.25) is 5.02 Å². The van der Waals surface area contributed by atoms with Gasteiger partial charge in [-0.25, -0.2) is 9.18 Å². The number of hydrogen-bond acceptors (Lipinski definition) is 4. The Bertz CT molecular complexity index is 885. The molecule has 2 aliphatic rings. The molecule has 1 unspecified atom stereocenters. The summed E-state index contributed by atoms with van der Waals surface area (Å²) in [7, 11) is 0. The molecule has 0 saturated carbocycles. The zero-order valence-electron chi connectivity index (χ0n) is 14.7. The van der Waals surface area contributed by atoms with Crippen molar-refractivity contribution in [1.29, 1.82) is 0 Å². The Hall–Kier alpha value is -2.19. The first-order valence-corrected chi connectivity index (χ1v) is 9.66. The smallest absolute Gasteiger partial charge is 0.320 e. The second-order valence-corrected chi connectivity index (χ2v) is 8.08. The number of carbonyl (C=O) groups is 3. The number of rotatable bonds is 5. The van der Waals surface area contributed by atoms with E-state index in [2.05, 4.69) is 5.32 Å². The molecule has 142 valence electrons. The highest BCUT2D eigenvalue weighted by molar-refractivity contribution is 8.04. The summed E-state index contributed by atoms with van der Waals surface area (Å²) in [6.45, 7) is 3.76. The fourth-order valence-electron chi connectivity index (χ4n) is 2.87. The molecule has 6 nitrogen and oxygen atoms in total. The molecule has 1 N–H and O–H groups in total. The number of nitrogens with zero attached hydrogens (tertiary/aromatic N) is 2. The van der Waals surface area contributed by atoms with E-state index in [1.807, 2.05) is 13.8 Å². The van der Waals surface area contributed by atoms with Gasteiger partial charge in [0.2, 0.25) is 0 Å². The minimum atomic E-state index is -0.667. The predicted octanol–water partition coefficient (Wildman–Crippen LogP) is 3.12. The molecule has 0 radical (unpaired) electrons. The Balaban J connectivity index is 1.83. The Kier molecular flexibility index (Phi) is 5.67. The van der Waals surface area contributed by atoms with E-state index in [4.69, 9.17) is 11.6 Å². The van der Waals surface area contributed by atoms with Crippen molar-refractivity contribution in [2.75, 3.05) is 18.4 Å². The number of benzene rings is 1. The maximum Gasteiger partial charge on any atom is 0.501 e. The quantitative estimate of drug-likeness (QED) is 0.757. The van der Waals surface area contributed by atoms with Crippen LogP contribution in [-0.4, -0.2) is 51.4 Å². The van der Waals surface area contributed by atoms with E-state index < -0.39 is 23.0 Å². The summed E-state index contributed by atoms with van der Waals surface area (Å²) in [5.41, 5.74) is 0.448. The van der Waals surface area contributed by atoms with Gasteiger partial charge in [-0.05, 0) is 35.6 Å². The van der Waals surface area contributed by atoms with Crippen LogP contribution in [0.1, 0.15) is 13.8 Å². The van der Waals surface area contributed by atoms with Crippen LogP contribution in [-0.2, 0) is 9.59 Å². The molecule has 4 amide bonds. The third-order valence-corrected chi connectivity index (χ3v) is 5.28. The summed E-state index contributed by atoms with van der Waals surface area (Å²) in [5.74, 6) is -1.42. The SMILES string of the molecule is CC(C)CN1C(=O)C2SC=CC2=[N+](CC(=O)Nc2ccc(Cl)cc2F)C1=O. The lowest BCUT2D eigenvalue weighted by molar-refractivity contribution is -0.426. The Morgan fingerprint density at radius 1 is 1.41 bits per heavy atom. The van der Waals surface area contributed by atoms with E-state index in [1.165, 1.54) is 33.4 Å². The average molecular weight is 411 g/mol. The van der Waals surface area contributed by atoms with Gasteiger partial charge >= 0.3 is 11.9 Å². The zero-order chi connectivity index (χ0) is 19.7. The number of halogens is 2. The number of imide groups is 1. The summed E-state index contributed by atoms with van der Waals surface area (Å²) in [5, 5.41) is 3.84. The van der Waals surface area contributed by atoms with Crippen LogP contribution in [0, 0.1) is 11.7 Å². The molecule has 1 aromatic rings. The van der Waals surface area contributed by atoms with Gasteiger partial charge in [0.25, 0.3) is 5.91 Å². The number of urea groups is 1. The maximum atomic E-state index is 13.9. The highest BCUT2D eigenvalue weighted by Crippen LogP contribution is 2.28. The highest BCUT2D eigenvalue weighted by Gasteiger charge is 2.49. The second-order valence-electron chi connectivity index (χ2n) is 6.63. The van der Waals surface area contributed by atoms with Crippen molar-refractivity contribution >= 4 is 52.6 Å². The number of fused-ring (bicyclic) bond motifs is 1. The van der Waals surface area contributed by atoms with Crippen LogP contribution in [0.3, 0.4) is 0 Å². The molecule has 0 fully saturated rings. The fourth-order valence-corrected chi connectivity index (χ4v) is 3.99. The van der Waals surface area contributed by atoms with E-state index in [-0.39, 0.29) is 35.6 Å². The molecule has 1 aromatic carbocycles. The first kappa shape index (κ1) is 19.6. The molecule has 9 heteroatoms. The highest BCUT2D eigenvalue weighted by atomic mass is 35.5. The summed E-state index contributed by atoms with van der Waals surface area (Å²) >= 11 is 7.00. The molecule has 0 aliphatic carbocycles. The van der Waals surface area contributed by atoms with Gasteiger partial charge in [-0.3, -0.25) is 4.79 Å². The second kappa shape index (κ2) is 7.82. The van der Waals surface area contributed by atoms with Crippen molar-refractivity contribution < 1.29 is 23.3 Å². The molecule has 27 heavy (non-hydrogen) atoms. The van der Waals surface area contributed by atoms with Gasteiger partial charge < -0.3 is 5.32 Å². The predicted molar refractivity (Wildman–Crippen MR) is 103 cm³/mol. The topological polar surface area (TPSA) is 69.5 Å². The first-order valence-electron chi connectivity index (χ1n) is 8.34. The number of nitrogens with one attached hydrogen (secondary N) is 1. The van der Waals surface area contributed by atoms with Gasteiger partial charge in [-0.1, -0.05) is 25.4 Å². The van der Waals surface area contributed by atoms with Crippen molar-refractivity contribution in [3.05, 3.63) is 40.5 Å². The zero-order valence-corrected chi connectivity index (χ0v) is 16.3. The maximum absolute atomic E-state index is 13.9. The Morgan fingerprint density at radius 2 is 2.15 bits per heavy atom. The first-order chi connectivity index (χ1) is 12.8. The largest absolute Gasteiger partial charge is 0.501 e. The molecule has 0 aromatic heterocycles. The Labute approximate surface area is 165 Å². The number of thioether (sulfide) groups is 1. The van der Waals surface area contributed by atoms with Crippen LogP contribution >= 0.6 is 23.4 Å². The van der Waals surface area contributed by atoms with Gasteiger partial charge in [0.05, 0.1) is 12.2 Å². The monoisotopic (exact) mass is 410 g/mol. The minimum Gasteiger partial charge on any atom is -0.320 e. The minimum absolute atomic E-state index is 0.0261. The molecule has 2 heterocycles. The molecular formula is C18H18ClFN3O3S+. The fraction of sp³-hybridized carbons (Fsp3) is 0.333. The molecule has 0 saturated heterocycles. The van der Waals surface area contributed by atoms with Gasteiger partial charge in [0.15, 0.2) is 11.8 Å². The van der Waals surface area contributed by atoms with Crippen LogP contribution in [0.25, 0.3) is 0 Å². The van der Waals surface area contributed by atoms with Crippen molar-refractivity contribution in [2.24, 2.45) is 5.92 Å². The molecule has 0 bridgehead atoms. The van der Waals surface area contributed by atoms with Crippen molar-refractivity contribution in [2.45, 2.75) is 19.1 Å². The van der Waals surface area contributed by atoms with E-state index in [1.54, 1.807) is 11.5 Å². The van der Waals surface area contributed by atoms with Gasteiger partial charge in [0.1, 0.15) is 11.5 Å². The third-order valence-electron chi connectivity index (χ3n) is 4.04. The van der Waals surface area contributed by atoms with Crippen LogP contribution in [0.15, 0.2) is 29.7 Å². The molecule has 1 atom stereocenters. The van der Waals surface area contributed by atoms with E-state index >= 15 is 0 Å².